The largest absolute Gasteiger partial charge is 0.573 e. The maximum atomic E-state index is 12.2. The lowest BCUT2D eigenvalue weighted by Gasteiger charge is -2.32. The first-order valence-corrected chi connectivity index (χ1v) is 13.5. The molecule has 0 aromatic heterocycles. The highest BCUT2D eigenvalue weighted by molar-refractivity contribution is 5.79. The number of carbonyl (C=O) groups is 1. The molecule has 7 heteroatoms. The number of alkyl halides is 3. The molecule has 3 rings (SSSR count). The predicted octanol–water partition coefficient (Wildman–Crippen LogP) is 8.60. The highest BCUT2D eigenvalue weighted by Crippen LogP contribution is 2.37. The minimum Gasteiger partial charge on any atom is -0.406 e. The fourth-order valence-corrected chi connectivity index (χ4v) is 4.68. The number of hydrogen-bond acceptors (Lipinski definition) is 4. The van der Waals surface area contributed by atoms with E-state index >= 15 is 0 Å². The number of ketones is 1. The summed E-state index contributed by atoms with van der Waals surface area (Å²) >= 11 is 0. The van der Waals surface area contributed by atoms with Crippen molar-refractivity contribution in [2.75, 3.05) is 13.2 Å². The van der Waals surface area contributed by atoms with Crippen LogP contribution >= 0.6 is 0 Å². The quantitative estimate of drug-likeness (QED) is 0.239. The predicted molar refractivity (Wildman–Crippen MR) is 142 cm³/mol. The fraction of sp³-hybridized carbons (Fsp3) is 0.633. The Morgan fingerprint density at radius 3 is 1.97 bits per heavy atom. The fourth-order valence-electron chi connectivity index (χ4n) is 4.68. The number of aryl methyl sites for hydroxylation is 1. The molecule has 4 nitrogen and oxygen atoms in total. The zero-order valence-electron chi connectivity index (χ0n) is 22.9. The topological polar surface area (TPSA) is 44.8 Å². The van der Waals surface area contributed by atoms with E-state index in [0.717, 1.165) is 70.1 Å². The van der Waals surface area contributed by atoms with Gasteiger partial charge >= 0.3 is 6.36 Å². The lowest BCUT2D eigenvalue weighted by molar-refractivity contribution is -0.274. The Balaban J connectivity index is 0.000000526. The number of hydrogen-bond donors (Lipinski definition) is 0. The first-order chi connectivity index (χ1) is 17.6. The molecule has 1 unspecified atom stereocenters. The van der Waals surface area contributed by atoms with Crippen LogP contribution in [-0.4, -0.2) is 31.6 Å². The molecule has 0 N–H and O–H groups in total. The Morgan fingerprint density at radius 2 is 1.51 bits per heavy atom. The van der Waals surface area contributed by atoms with E-state index in [-0.39, 0.29) is 12.0 Å². The summed E-state index contributed by atoms with van der Waals surface area (Å²) in [5.41, 5.74) is 2.47. The summed E-state index contributed by atoms with van der Waals surface area (Å²) in [6.45, 7) is 12.5. The number of Topliss-reactive ketones (excluding diaryl/α,β-unsaturated/α-hetero) is 1. The molecule has 0 radical (unpaired) electrons. The van der Waals surface area contributed by atoms with Crippen LogP contribution in [0.3, 0.4) is 0 Å². The molecule has 0 bridgehead atoms. The summed E-state index contributed by atoms with van der Waals surface area (Å²) in [6.07, 6.45) is 8.23. The minimum atomic E-state index is -4.64. The van der Waals surface area contributed by atoms with Crippen LogP contribution in [0.2, 0.25) is 0 Å². The lowest BCUT2D eigenvalue weighted by atomic mass is 9.73. The Hall–Kier alpha value is -2.12. The Bertz CT molecular complexity index is 786. The molecular weight excluding hydrogens is 481 g/mol. The number of rotatable bonds is 9. The van der Waals surface area contributed by atoms with E-state index in [9.17, 15) is 18.0 Å². The second kappa shape index (κ2) is 18.2. The third-order valence-electron chi connectivity index (χ3n) is 6.49. The lowest BCUT2D eigenvalue weighted by Crippen LogP contribution is -2.23. The molecule has 0 spiro atoms. The first-order valence-electron chi connectivity index (χ1n) is 13.5. The van der Waals surface area contributed by atoms with Crippen molar-refractivity contribution in [3.8, 4) is 5.75 Å². The van der Waals surface area contributed by atoms with Gasteiger partial charge in [-0.3, -0.25) is 4.79 Å². The molecule has 1 aromatic rings. The van der Waals surface area contributed by atoms with Crippen LogP contribution < -0.4 is 4.74 Å². The van der Waals surface area contributed by atoms with Crippen LogP contribution in [0.25, 0.3) is 0 Å². The van der Waals surface area contributed by atoms with Crippen molar-refractivity contribution < 1.29 is 32.2 Å². The van der Waals surface area contributed by atoms with Crippen LogP contribution in [0.4, 0.5) is 13.2 Å². The van der Waals surface area contributed by atoms with E-state index < -0.39 is 6.36 Å². The highest BCUT2D eigenvalue weighted by Gasteiger charge is 2.31. The van der Waals surface area contributed by atoms with Gasteiger partial charge in [-0.05, 0) is 102 Å². The number of allylic oxidation sites excluding steroid dienone is 3. The average Bonchev–Trinajstić information content (AvgIpc) is 2.85. The van der Waals surface area contributed by atoms with Gasteiger partial charge in [0.05, 0.1) is 0 Å². The van der Waals surface area contributed by atoms with Crippen molar-refractivity contribution in [1.29, 1.82) is 0 Å². The van der Waals surface area contributed by atoms with Gasteiger partial charge < -0.3 is 14.2 Å². The number of carbonyl (C=O) groups excluding carboxylic acids is 1. The van der Waals surface area contributed by atoms with Crippen LogP contribution in [-0.2, 0) is 20.7 Å². The summed E-state index contributed by atoms with van der Waals surface area (Å²) in [7, 11) is 0. The molecule has 1 aromatic carbocycles. The van der Waals surface area contributed by atoms with E-state index in [2.05, 4.69) is 17.4 Å². The Morgan fingerprint density at radius 1 is 0.973 bits per heavy atom. The Kier molecular flexibility index (Phi) is 16.2. The van der Waals surface area contributed by atoms with Gasteiger partial charge in [-0.15, -0.1) is 19.8 Å². The third kappa shape index (κ3) is 15.0. The molecule has 1 saturated carbocycles. The summed E-state index contributed by atoms with van der Waals surface area (Å²) in [6, 6.07) is 6.15. The van der Waals surface area contributed by atoms with E-state index in [0.29, 0.717) is 17.6 Å². The van der Waals surface area contributed by atoms with Gasteiger partial charge in [0.1, 0.15) is 11.5 Å². The van der Waals surface area contributed by atoms with E-state index in [1.54, 1.807) is 18.2 Å². The third-order valence-corrected chi connectivity index (χ3v) is 6.49. The molecular formula is C30H45F3O4. The van der Waals surface area contributed by atoms with Crippen molar-refractivity contribution >= 4 is 5.78 Å². The maximum Gasteiger partial charge on any atom is 0.573 e. The molecule has 2 aliphatic carbocycles. The van der Waals surface area contributed by atoms with Crippen LogP contribution in [0.1, 0.15) is 84.6 Å². The maximum absolute atomic E-state index is 12.2. The average molecular weight is 527 g/mol. The zero-order chi connectivity index (χ0) is 27.7. The second-order valence-electron chi connectivity index (χ2n) is 9.35. The van der Waals surface area contributed by atoms with Crippen molar-refractivity contribution in [2.45, 2.75) is 98.1 Å². The van der Waals surface area contributed by atoms with Crippen molar-refractivity contribution in [1.82, 2.24) is 0 Å². The minimum absolute atomic E-state index is 0.0370. The molecule has 210 valence electrons. The van der Waals surface area contributed by atoms with Gasteiger partial charge in [-0.1, -0.05) is 29.9 Å². The normalized spacial score (nSPS) is 18.2. The first kappa shape index (κ1) is 32.9. The van der Waals surface area contributed by atoms with Gasteiger partial charge in [0, 0.05) is 26.1 Å². The SMILES string of the molecule is C=CC.CCOC(C)OCC.O=C1CCC(C2CC=C(CCc3ccc(OC(F)(F)F)cc3)CC2)CC1. The van der Waals surface area contributed by atoms with Gasteiger partial charge in [-0.2, -0.15) is 0 Å². The van der Waals surface area contributed by atoms with Crippen molar-refractivity contribution in [3.05, 3.63) is 54.1 Å². The molecule has 1 atom stereocenters. The molecule has 2 aliphatic rings. The Labute approximate surface area is 221 Å². The van der Waals surface area contributed by atoms with E-state index in [1.807, 2.05) is 27.7 Å². The molecule has 0 aliphatic heterocycles. The van der Waals surface area contributed by atoms with Gasteiger partial charge in [0.25, 0.3) is 0 Å². The second-order valence-corrected chi connectivity index (χ2v) is 9.35. The smallest absolute Gasteiger partial charge is 0.406 e. The summed E-state index contributed by atoms with van der Waals surface area (Å²) in [4.78, 5) is 11.4. The molecule has 0 saturated heterocycles. The van der Waals surface area contributed by atoms with Gasteiger partial charge in [0.2, 0.25) is 0 Å². The van der Waals surface area contributed by atoms with Crippen LogP contribution in [0, 0.1) is 11.8 Å². The van der Waals surface area contributed by atoms with Crippen molar-refractivity contribution in [2.24, 2.45) is 11.8 Å². The number of benzene rings is 1. The summed E-state index contributed by atoms with van der Waals surface area (Å²) in [5, 5.41) is 0. The molecule has 1 fully saturated rings. The van der Waals surface area contributed by atoms with E-state index in [1.165, 1.54) is 24.1 Å². The molecule has 0 amide bonds. The summed E-state index contributed by atoms with van der Waals surface area (Å²) < 4.78 is 50.5. The molecule has 37 heavy (non-hydrogen) atoms. The standard InChI is InChI=1S/C21H25F3O2.C6H14O2.C3H6/c22-21(23,24)26-20-13-5-16(6-14-20)2-1-15-3-7-17(8-4-15)18-9-11-19(25)12-10-18;1-4-7-6(3)8-5-2;1-3-2/h3,5-6,13-14,17-18H,1-2,4,7-12H2;6H,4-5H2,1-3H3;3H,1H2,2H3. The van der Waals surface area contributed by atoms with Gasteiger partial charge in [0.15, 0.2) is 6.29 Å². The number of halogens is 3. The molecule has 0 heterocycles. The monoisotopic (exact) mass is 526 g/mol. The summed E-state index contributed by atoms with van der Waals surface area (Å²) in [5.74, 6) is 1.66. The van der Waals surface area contributed by atoms with Crippen LogP contribution in [0.15, 0.2) is 48.6 Å². The number of ether oxygens (including phenoxy) is 3. The van der Waals surface area contributed by atoms with E-state index in [4.69, 9.17) is 9.47 Å². The van der Waals surface area contributed by atoms with Crippen LogP contribution in [0.5, 0.6) is 5.75 Å². The van der Waals surface area contributed by atoms with Gasteiger partial charge in [-0.25, -0.2) is 0 Å². The highest BCUT2D eigenvalue weighted by atomic mass is 19.4. The zero-order valence-corrected chi connectivity index (χ0v) is 22.9. The van der Waals surface area contributed by atoms with Crippen molar-refractivity contribution in [3.63, 3.8) is 0 Å².